The molecule has 7 N–H and O–H groups in total. The van der Waals surface area contributed by atoms with Gasteiger partial charge in [-0.3, -0.25) is 43.2 Å². The Morgan fingerprint density at radius 2 is 0.865 bits per heavy atom. The molecule has 0 bridgehead atoms. The van der Waals surface area contributed by atoms with Crippen molar-refractivity contribution >= 4 is 59.3 Å². The molecule has 1 rings (SSSR count). The van der Waals surface area contributed by atoms with Crippen LogP contribution in [0, 0.1) is 35.5 Å². The zero-order chi connectivity index (χ0) is 56.2. The molecule has 0 aliphatic carbocycles. The van der Waals surface area contributed by atoms with E-state index in [0.717, 1.165) is 45.6 Å². The quantitative estimate of drug-likeness (QED) is 0.0411. The van der Waals surface area contributed by atoms with Crippen LogP contribution in [0.4, 0.5) is 0 Å². The Bertz CT molecular complexity index is 1820. The van der Waals surface area contributed by atoms with E-state index >= 15 is 0 Å². The minimum atomic E-state index is -1.59. The number of cyclic esters (lactones) is 1. The molecule has 424 valence electrons. The van der Waals surface area contributed by atoms with E-state index in [0.29, 0.717) is 12.3 Å². The summed E-state index contributed by atoms with van der Waals surface area (Å²) in [7, 11) is 2.30. The molecule has 0 aromatic rings. The van der Waals surface area contributed by atoms with Gasteiger partial charge in [0.2, 0.25) is 41.4 Å². The van der Waals surface area contributed by atoms with Gasteiger partial charge in [-0.25, -0.2) is 4.79 Å². The normalized spacial score (nSPS) is 23.8. The number of carbonyl (C=O) groups excluding carboxylic acids is 10. The van der Waals surface area contributed by atoms with E-state index in [-0.39, 0.29) is 75.0 Å². The first-order valence-corrected chi connectivity index (χ1v) is 27.1. The molecule has 1 fully saturated rings. The summed E-state index contributed by atoms with van der Waals surface area (Å²) in [6, 6.07) is -9.21. The van der Waals surface area contributed by atoms with Crippen LogP contribution in [-0.4, -0.2) is 122 Å². The highest BCUT2D eigenvalue weighted by atomic mass is 16.5. The molecular weight excluding hydrogens is 955 g/mol. The third-order valence-electron chi connectivity index (χ3n) is 12.6. The predicted molar refractivity (Wildman–Crippen MR) is 280 cm³/mol. The van der Waals surface area contributed by atoms with Crippen LogP contribution in [0.15, 0.2) is 0 Å². The van der Waals surface area contributed by atoms with Gasteiger partial charge in [-0.05, 0) is 80.5 Å². The SMILES string of the molecule is COC(=O)CCC1NC(=O)CC(CCCCCCCCC(C)C)OC(=O)C(CC(C)C)NC(=O)C(CC(C)C)NC(=O)C(CC(=O)OC)NC(=O)C(C(C)C)NC(=O)C(CC(C)C)NC(=O)C(CC(C)C)NC1=O. The van der Waals surface area contributed by atoms with E-state index < -0.39 is 120 Å². The van der Waals surface area contributed by atoms with Crippen molar-refractivity contribution in [2.75, 3.05) is 14.2 Å². The number of amides is 7. The number of unbranched alkanes of at least 4 members (excludes halogenated alkanes) is 5. The maximum Gasteiger partial charge on any atom is 0.328 e. The van der Waals surface area contributed by atoms with Crippen LogP contribution in [0.25, 0.3) is 0 Å². The molecule has 0 radical (unpaired) electrons. The Kier molecular flexibility index (Phi) is 31.6. The predicted octanol–water partition coefficient (Wildman–Crippen LogP) is 4.83. The number of hydrogen-bond donors (Lipinski definition) is 7. The van der Waals surface area contributed by atoms with E-state index in [2.05, 4.69) is 51.1 Å². The first kappa shape index (κ1) is 66.7. The summed E-state index contributed by atoms with van der Waals surface area (Å²) in [5.74, 6) is -8.38. The molecule has 8 unspecified atom stereocenters. The lowest BCUT2D eigenvalue weighted by Gasteiger charge is -2.29. The average Bonchev–Trinajstić information content (AvgIpc) is 3.29. The third-order valence-corrected chi connectivity index (χ3v) is 12.6. The van der Waals surface area contributed by atoms with E-state index in [1.54, 1.807) is 13.8 Å². The van der Waals surface area contributed by atoms with E-state index in [9.17, 15) is 47.9 Å². The average molecular weight is 1050 g/mol. The molecule has 20 nitrogen and oxygen atoms in total. The molecule has 1 aliphatic rings. The van der Waals surface area contributed by atoms with Gasteiger partial charge in [0, 0.05) is 6.42 Å². The van der Waals surface area contributed by atoms with Gasteiger partial charge in [0.05, 0.1) is 27.1 Å². The van der Waals surface area contributed by atoms with Crippen LogP contribution in [0.1, 0.15) is 186 Å². The fraction of sp³-hybridized carbons (Fsp3) is 0.815. The van der Waals surface area contributed by atoms with Crippen molar-refractivity contribution in [2.24, 2.45) is 35.5 Å². The fourth-order valence-electron chi connectivity index (χ4n) is 8.57. The maximum absolute atomic E-state index is 14.3. The summed E-state index contributed by atoms with van der Waals surface area (Å²) in [6.07, 6.45) is 4.81. The Morgan fingerprint density at radius 3 is 1.32 bits per heavy atom. The largest absolute Gasteiger partial charge is 0.469 e. The number of nitrogens with one attached hydrogen (secondary N) is 7. The lowest BCUT2D eigenvalue weighted by Crippen LogP contribution is -2.61. The van der Waals surface area contributed by atoms with Gasteiger partial charge in [0.1, 0.15) is 48.4 Å². The summed E-state index contributed by atoms with van der Waals surface area (Å²) in [6.45, 7) is 22.3. The van der Waals surface area contributed by atoms with Gasteiger partial charge in [-0.1, -0.05) is 122 Å². The number of carbonyl (C=O) groups is 10. The second-order valence-electron chi connectivity index (χ2n) is 22.4. The molecule has 7 amide bonds. The number of methoxy groups -OCH3 is 2. The highest BCUT2D eigenvalue weighted by Gasteiger charge is 2.37. The summed E-state index contributed by atoms with van der Waals surface area (Å²) >= 11 is 0. The Labute approximate surface area is 441 Å². The van der Waals surface area contributed by atoms with Crippen molar-refractivity contribution in [1.82, 2.24) is 37.2 Å². The van der Waals surface area contributed by atoms with E-state index in [4.69, 9.17) is 14.2 Å². The van der Waals surface area contributed by atoms with Crippen molar-refractivity contribution in [2.45, 2.75) is 234 Å². The monoisotopic (exact) mass is 1050 g/mol. The standard InChI is InChI=1S/C54H95N7O13/c1-31(2)21-19-17-15-16-18-20-22-37-29-44(62)55-38(23-24-45(63)72-13)48(65)56-39(25-32(3)4)49(66)58-41(27-34(7)8)52(69)61-47(36(11)12)53(70)59-42(30-46(64)73-14)51(68)57-40(26-33(5)6)50(67)60-43(28-35(9)10)54(71)74-37/h31-43,47H,15-30H2,1-14H3,(H,55,62)(H,56,65)(H,57,68)(H,58,66)(H,59,70)(H,60,67)(H,61,69). The molecular formula is C54H95N7O13. The van der Waals surface area contributed by atoms with E-state index in [1.807, 2.05) is 55.4 Å². The Morgan fingerprint density at radius 1 is 0.459 bits per heavy atom. The zero-order valence-electron chi connectivity index (χ0n) is 47.2. The van der Waals surface area contributed by atoms with Gasteiger partial charge in [-0.2, -0.15) is 0 Å². The third kappa shape index (κ3) is 27.3. The van der Waals surface area contributed by atoms with Crippen LogP contribution >= 0.6 is 0 Å². The first-order chi connectivity index (χ1) is 34.7. The van der Waals surface area contributed by atoms with Gasteiger partial charge in [-0.15, -0.1) is 0 Å². The van der Waals surface area contributed by atoms with Crippen molar-refractivity contribution < 1.29 is 62.2 Å². The molecule has 8 atom stereocenters. The summed E-state index contributed by atoms with van der Waals surface area (Å²) in [4.78, 5) is 139. The highest BCUT2D eigenvalue weighted by Crippen LogP contribution is 2.19. The number of rotatable bonds is 23. The van der Waals surface area contributed by atoms with Crippen LogP contribution < -0.4 is 37.2 Å². The van der Waals surface area contributed by atoms with Gasteiger partial charge in [0.25, 0.3) is 0 Å². The molecule has 0 saturated carbocycles. The second kappa shape index (κ2) is 35.0. The van der Waals surface area contributed by atoms with Gasteiger partial charge in [0.15, 0.2) is 0 Å². The van der Waals surface area contributed by atoms with Crippen molar-refractivity contribution in [3.8, 4) is 0 Å². The van der Waals surface area contributed by atoms with Crippen molar-refractivity contribution in [3.63, 3.8) is 0 Å². The first-order valence-electron chi connectivity index (χ1n) is 27.1. The van der Waals surface area contributed by atoms with Crippen LogP contribution in [-0.2, 0) is 62.2 Å². The molecule has 0 spiro atoms. The smallest absolute Gasteiger partial charge is 0.328 e. The molecule has 74 heavy (non-hydrogen) atoms. The van der Waals surface area contributed by atoms with Gasteiger partial charge < -0.3 is 51.4 Å². The van der Waals surface area contributed by atoms with Crippen molar-refractivity contribution in [3.05, 3.63) is 0 Å². The highest BCUT2D eigenvalue weighted by molar-refractivity contribution is 5.98. The van der Waals surface area contributed by atoms with Crippen LogP contribution in [0.3, 0.4) is 0 Å². The zero-order valence-corrected chi connectivity index (χ0v) is 47.2. The summed E-state index contributed by atoms with van der Waals surface area (Å²) in [5, 5.41) is 18.9. The van der Waals surface area contributed by atoms with Gasteiger partial charge >= 0.3 is 17.9 Å². The Balaban J connectivity index is 4.03. The lowest BCUT2D eigenvalue weighted by molar-refractivity contribution is -0.155. The van der Waals surface area contributed by atoms with E-state index in [1.165, 1.54) is 7.11 Å². The second-order valence-corrected chi connectivity index (χ2v) is 22.4. The number of hydrogen-bond acceptors (Lipinski definition) is 13. The fourth-order valence-corrected chi connectivity index (χ4v) is 8.57. The molecule has 0 aromatic carbocycles. The summed E-state index contributed by atoms with van der Waals surface area (Å²) < 4.78 is 15.8. The maximum atomic E-state index is 14.3. The topological polar surface area (TPSA) is 283 Å². The molecule has 1 heterocycles. The Hall–Kier alpha value is -5.30. The van der Waals surface area contributed by atoms with Crippen LogP contribution in [0.2, 0.25) is 0 Å². The number of esters is 3. The molecule has 1 saturated heterocycles. The molecule has 0 aromatic heterocycles. The lowest BCUT2D eigenvalue weighted by atomic mass is 9.98. The molecule has 1 aliphatic heterocycles. The minimum Gasteiger partial charge on any atom is -0.469 e. The minimum absolute atomic E-state index is 0.0799. The van der Waals surface area contributed by atoms with Crippen LogP contribution in [0.5, 0.6) is 0 Å². The molecule has 20 heteroatoms. The summed E-state index contributed by atoms with van der Waals surface area (Å²) in [5.41, 5.74) is 0. The van der Waals surface area contributed by atoms with Crippen molar-refractivity contribution in [1.29, 1.82) is 0 Å². The number of ether oxygens (including phenoxy) is 3.